The van der Waals surface area contributed by atoms with Crippen LogP contribution in [0.3, 0.4) is 0 Å². The average Bonchev–Trinajstić information content (AvgIpc) is 3.04. The van der Waals surface area contributed by atoms with Crippen molar-refractivity contribution in [3.63, 3.8) is 0 Å². The number of benzene rings is 1. The first-order chi connectivity index (χ1) is 10.1. The number of fused-ring (bicyclic) bond motifs is 1. The number of rotatable bonds is 6. The summed E-state index contributed by atoms with van der Waals surface area (Å²) < 4.78 is 7.93. The van der Waals surface area contributed by atoms with Gasteiger partial charge in [-0.05, 0) is 32.4 Å². The van der Waals surface area contributed by atoms with Gasteiger partial charge >= 0.3 is 0 Å². The summed E-state index contributed by atoms with van der Waals surface area (Å²) in [5.74, 6) is 1.08. The summed E-state index contributed by atoms with van der Waals surface area (Å²) in [4.78, 5) is 0. The van der Waals surface area contributed by atoms with Crippen molar-refractivity contribution in [2.24, 2.45) is 0 Å². The molecular weight excluding hydrogens is 264 g/mol. The van der Waals surface area contributed by atoms with Gasteiger partial charge in [-0.1, -0.05) is 23.4 Å². The van der Waals surface area contributed by atoms with Gasteiger partial charge in [-0.3, -0.25) is 4.68 Å². The van der Waals surface area contributed by atoms with Gasteiger partial charge in [0.05, 0.1) is 6.20 Å². The molecule has 0 atom stereocenters. The van der Waals surface area contributed by atoms with Crippen LogP contribution in [0.2, 0.25) is 0 Å². The quantitative estimate of drug-likeness (QED) is 0.827. The van der Waals surface area contributed by atoms with Crippen molar-refractivity contribution >= 4 is 0 Å². The number of aromatic nitrogens is 3. The standard InChI is InChI=1S/C16H22N4O/c1-16(2)11-13-5-3-6-14(15(13)21-16)12-17-7-4-9-20-10-8-18-19-20/h3,5-6,8,10,17H,4,7,9,11-12H2,1-2H3. The van der Waals surface area contributed by atoms with Crippen LogP contribution >= 0.6 is 0 Å². The van der Waals surface area contributed by atoms with Crippen LogP contribution in [-0.2, 0) is 19.5 Å². The normalized spacial score (nSPS) is 15.7. The molecule has 3 rings (SSSR count). The third-order valence-corrected chi connectivity index (χ3v) is 3.70. The highest BCUT2D eigenvalue weighted by Crippen LogP contribution is 2.37. The largest absolute Gasteiger partial charge is 0.487 e. The summed E-state index contributed by atoms with van der Waals surface area (Å²) in [6.45, 7) is 6.97. The minimum atomic E-state index is -0.0778. The number of nitrogens with one attached hydrogen (secondary N) is 1. The van der Waals surface area contributed by atoms with Gasteiger partial charge in [0, 0.05) is 31.3 Å². The highest BCUT2D eigenvalue weighted by molar-refractivity contribution is 5.45. The second-order valence-corrected chi connectivity index (χ2v) is 6.14. The van der Waals surface area contributed by atoms with Gasteiger partial charge in [-0.2, -0.15) is 0 Å². The summed E-state index contributed by atoms with van der Waals surface area (Å²) in [5, 5.41) is 11.2. The number of ether oxygens (including phenoxy) is 1. The van der Waals surface area contributed by atoms with Crippen LogP contribution in [-0.4, -0.2) is 27.1 Å². The molecule has 0 spiro atoms. The lowest BCUT2D eigenvalue weighted by Crippen LogP contribution is -2.25. The van der Waals surface area contributed by atoms with Gasteiger partial charge in [0.2, 0.25) is 0 Å². The van der Waals surface area contributed by atoms with Gasteiger partial charge in [-0.15, -0.1) is 5.10 Å². The fraction of sp³-hybridized carbons (Fsp3) is 0.500. The minimum Gasteiger partial charge on any atom is -0.487 e. The average molecular weight is 286 g/mol. The van der Waals surface area contributed by atoms with E-state index in [0.29, 0.717) is 0 Å². The molecular formula is C16H22N4O. The van der Waals surface area contributed by atoms with E-state index in [-0.39, 0.29) is 5.60 Å². The minimum absolute atomic E-state index is 0.0778. The molecule has 5 nitrogen and oxygen atoms in total. The van der Waals surface area contributed by atoms with E-state index in [1.54, 1.807) is 6.20 Å². The number of hydrogen-bond donors (Lipinski definition) is 1. The Morgan fingerprint density at radius 3 is 3.10 bits per heavy atom. The molecule has 0 saturated heterocycles. The van der Waals surface area contributed by atoms with Crippen molar-refractivity contribution in [3.8, 4) is 5.75 Å². The van der Waals surface area contributed by atoms with E-state index >= 15 is 0 Å². The Morgan fingerprint density at radius 2 is 2.29 bits per heavy atom. The van der Waals surface area contributed by atoms with E-state index in [1.807, 2.05) is 10.9 Å². The van der Waals surface area contributed by atoms with Crippen LogP contribution < -0.4 is 10.1 Å². The summed E-state index contributed by atoms with van der Waals surface area (Å²) in [5.41, 5.74) is 2.49. The first kappa shape index (κ1) is 14.1. The lowest BCUT2D eigenvalue weighted by Gasteiger charge is -2.18. The third kappa shape index (κ3) is 3.42. The smallest absolute Gasteiger partial charge is 0.127 e. The topological polar surface area (TPSA) is 52.0 Å². The van der Waals surface area contributed by atoms with Crippen LogP contribution in [0, 0.1) is 0 Å². The lowest BCUT2D eigenvalue weighted by molar-refractivity contribution is 0.137. The number of para-hydroxylation sites is 1. The first-order valence-electron chi connectivity index (χ1n) is 7.49. The SMILES string of the molecule is CC1(C)Cc2cccc(CNCCCn3ccnn3)c2O1. The molecule has 0 amide bonds. The molecule has 1 aliphatic rings. The number of hydrogen-bond acceptors (Lipinski definition) is 4. The maximum absolute atomic E-state index is 6.08. The van der Waals surface area contributed by atoms with Gasteiger partial charge in [0.15, 0.2) is 0 Å². The number of aryl methyl sites for hydroxylation is 1. The van der Waals surface area contributed by atoms with Crippen LogP contribution in [0.5, 0.6) is 5.75 Å². The summed E-state index contributed by atoms with van der Waals surface area (Å²) in [6.07, 6.45) is 5.62. The zero-order valence-corrected chi connectivity index (χ0v) is 12.7. The Kier molecular flexibility index (Phi) is 3.92. The monoisotopic (exact) mass is 286 g/mol. The molecule has 0 bridgehead atoms. The van der Waals surface area contributed by atoms with E-state index in [2.05, 4.69) is 47.7 Å². The molecule has 0 aliphatic carbocycles. The van der Waals surface area contributed by atoms with Crippen molar-refractivity contribution in [1.29, 1.82) is 0 Å². The van der Waals surface area contributed by atoms with Crippen LogP contribution in [0.1, 0.15) is 31.4 Å². The van der Waals surface area contributed by atoms with Gasteiger partial charge in [0.1, 0.15) is 11.4 Å². The van der Waals surface area contributed by atoms with Crippen molar-refractivity contribution < 1.29 is 4.74 Å². The highest BCUT2D eigenvalue weighted by atomic mass is 16.5. The molecule has 0 unspecified atom stereocenters. The van der Waals surface area contributed by atoms with Crippen LogP contribution in [0.15, 0.2) is 30.6 Å². The highest BCUT2D eigenvalue weighted by Gasteiger charge is 2.31. The predicted molar refractivity (Wildman–Crippen MR) is 81.2 cm³/mol. The zero-order chi connectivity index (χ0) is 14.7. The Labute approximate surface area is 125 Å². The van der Waals surface area contributed by atoms with E-state index in [4.69, 9.17) is 4.74 Å². The molecule has 2 heterocycles. The predicted octanol–water partition coefficient (Wildman–Crippen LogP) is 2.17. The van der Waals surface area contributed by atoms with E-state index in [1.165, 1.54) is 11.1 Å². The molecule has 112 valence electrons. The molecule has 0 fully saturated rings. The van der Waals surface area contributed by atoms with Crippen LogP contribution in [0.25, 0.3) is 0 Å². The summed E-state index contributed by atoms with van der Waals surface area (Å²) in [6, 6.07) is 6.43. The lowest BCUT2D eigenvalue weighted by atomic mass is 10.0. The van der Waals surface area contributed by atoms with E-state index in [9.17, 15) is 0 Å². The van der Waals surface area contributed by atoms with Crippen molar-refractivity contribution in [3.05, 3.63) is 41.7 Å². The van der Waals surface area contributed by atoms with E-state index < -0.39 is 0 Å². The fourth-order valence-electron chi connectivity index (χ4n) is 2.76. The molecule has 1 aromatic carbocycles. The third-order valence-electron chi connectivity index (χ3n) is 3.70. The Morgan fingerprint density at radius 1 is 1.38 bits per heavy atom. The fourth-order valence-corrected chi connectivity index (χ4v) is 2.76. The van der Waals surface area contributed by atoms with Crippen LogP contribution in [0.4, 0.5) is 0 Å². The van der Waals surface area contributed by atoms with Gasteiger partial charge < -0.3 is 10.1 Å². The molecule has 0 radical (unpaired) electrons. The summed E-state index contributed by atoms with van der Waals surface area (Å²) >= 11 is 0. The number of nitrogens with zero attached hydrogens (tertiary/aromatic N) is 3. The second kappa shape index (κ2) is 5.85. The Hall–Kier alpha value is -1.88. The molecule has 2 aromatic rings. The Bertz CT molecular complexity index is 592. The molecule has 1 aromatic heterocycles. The maximum atomic E-state index is 6.08. The van der Waals surface area contributed by atoms with Gasteiger partial charge in [-0.25, -0.2) is 0 Å². The summed E-state index contributed by atoms with van der Waals surface area (Å²) in [7, 11) is 0. The molecule has 21 heavy (non-hydrogen) atoms. The van der Waals surface area contributed by atoms with Crippen molar-refractivity contribution in [1.82, 2.24) is 20.3 Å². The molecule has 1 N–H and O–H groups in total. The Balaban J connectivity index is 1.49. The second-order valence-electron chi connectivity index (χ2n) is 6.14. The van der Waals surface area contributed by atoms with E-state index in [0.717, 1.165) is 38.2 Å². The van der Waals surface area contributed by atoms with Gasteiger partial charge in [0.25, 0.3) is 0 Å². The van der Waals surface area contributed by atoms with Crippen molar-refractivity contribution in [2.75, 3.05) is 6.54 Å². The maximum Gasteiger partial charge on any atom is 0.127 e. The first-order valence-corrected chi connectivity index (χ1v) is 7.49. The zero-order valence-electron chi connectivity index (χ0n) is 12.7. The molecule has 1 aliphatic heterocycles. The molecule has 5 heteroatoms. The molecule has 0 saturated carbocycles. The van der Waals surface area contributed by atoms with Crippen molar-refractivity contribution in [2.45, 2.75) is 45.4 Å².